The van der Waals surface area contributed by atoms with E-state index in [1.54, 1.807) is 6.92 Å². The third-order valence-electron chi connectivity index (χ3n) is 3.70. The Morgan fingerprint density at radius 3 is 2.60 bits per heavy atom. The van der Waals surface area contributed by atoms with Gasteiger partial charge >= 0.3 is 5.97 Å². The zero-order valence-electron chi connectivity index (χ0n) is 13.0. The lowest BCUT2D eigenvalue weighted by Gasteiger charge is -2.14. The van der Waals surface area contributed by atoms with E-state index in [1.165, 1.54) is 18.2 Å². The minimum atomic E-state index is -1.24. The molecule has 0 radical (unpaired) electrons. The Morgan fingerprint density at radius 1 is 1.24 bits per heavy atom. The molecule has 1 aromatic carbocycles. The predicted molar refractivity (Wildman–Crippen MR) is 86.4 cm³/mol. The van der Waals surface area contributed by atoms with E-state index in [9.17, 15) is 24.3 Å². The number of nitrogens with zero attached hydrogens (tertiary/aromatic N) is 1. The molecule has 0 bridgehead atoms. The first-order valence-electron chi connectivity index (χ1n) is 7.26. The highest BCUT2D eigenvalue weighted by Gasteiger charge is 2.32. The highest BCUT2D eigenvalue weighted by Crippen LogP contribution is 2.26. The summed E-state index contributed by atoms with van der Waals surface area (Å²) in [6.45, 7) is 1.97. The van der Waals surface area contributed by atoms with E-state index >= 15 is 0 Å². The number of nitrogens with two attached hydrogens (primary N) is 1. The quantitative estimate of drug-likeness (QED) is 0.682. The minimum Gasteiger partial charge on any atom is -0.493 e. The Bertz CT molecular complexity index is 992. The van der Waals surface area contributed by atoms with Crippen molar-refractivity contribution in [1.82, 2.24) is 9.88 Å². The number of aromatic carboxylic acids is 1. The average Bonchev–Trinajstić information content (AvgIpc) is 2.82. The summed E-state index contributed by atoms with van der Waals surface area (Å²) in [5.74, 6) is -2.76. The van der Waals surface area contributed by atoms with Gasteiger partial charge in [-0.3, -0.25) is 24.3 Å². The molecule has 1 aliphatic rings. The summed E-state index contributed by atoms with van der Waals surface area (Å²) in [6, 6.07) is 5.04. The summed E-state index contributed by atoms with van der Waals surface area (Å²) < 4.78 is 6.22. The number of aromatic nitrogens is 1. The third kappa shape index (κ3) is 2.51. The van der Waals surface area contributed by atoms with Crippen molar-refractivity contribution in [2.75, 3.05) is 12.3 Å². The number of rotatable bonds is 4. The molecular weight excluding hydrogens is 330 g/mol. The van der Waals surface area contributed by atoms with Gasteiger partial charge in [-0.15, -0.1) is 0 Å². The Morgan fingerprint density at radius 2 is 1.96 bits per heavy atom. The normalized spacial score (nSPS) is 12.7. The number of carbonyl (C=O) groups excluding carboxylic acids is 2. The van der Waals surface area contributed by atoms with Gasteiger partial charge in [-0.1, -0.05) is 0 Å². The van der Waals surface area contributed by atoms with E-state index in [-0.39, 0.29) is 40.6 Å². The van der Waals surface area contributed by atoms with Crippen LogP contribution in [0.1, 0.15) is 38.0 Å². The number of carboxylic acids is 1. The van der Waals surface area contributed by atoms with Crippen molar-refractivity contribution in [3.05, 3.63) is 51.3 Å². The fraction of sp³-hybridized carbons (Fsp3) is 0.125. The molecule has 0 saturated carbocycles. The fourth-order valence-corrected chi connectivity index (χ4v) is 2.65. The van der Waals surface area contributed by atoms with Gasteiger partial charge in [0.15, 0.2) is 0 Å². The summed E-state index contributed by atoms with van der Waals surface area (Å²) in [7, 11) is 0. The van der Waals surface area contributed by atoms with Crippen LogP contribution in [0.2, 0.25) is 0 Å². The van der Waals surface area contributed by atoms with Gasteiger partial charge in [-0.25, -0.2) is 4.79 Å². The maximum absolute atomic E-state index is 12.4. The number of hydrogen-bond acceptors (Lipinski definition) is 6. The number of nitrogen functional groups attached to an aromatic ring is 1. The number of pyridine rings is 1. The van der Waals surface area contributed by atoms with Crippen LogP contribution in [-0.4, -0.2) is 34.1 Å². The summed E-state index contributed by atoms with van der Waals surface area (Å²) in [6.07, 6.45) is 0. The van der Waals surface area contributed by atoms with Crippen LogP contribution in [0.4, 0.5) is 5.82 Å². The molecule has 3 rings (SSSR count). The van der Waals surface area contributed by atoms with Gasteiger partial charge in [-0.05, 0) is 25.1 Å². The largest absolute Gasteiger partial charge is 0.493 e. The second kappa shape index (κ2) is 5.78. The smallest absolute Gasteiger partial charge is 0.339 e. The van der Waals surface area contributed by atoms with Gasteiger partial charge in [0, 0.05) is 6.07 Å². The molecule has 0 saturated heterocycles. The van der Waals surface area contributed by atoms with Crippen LogP contribution in [0.5, 0.6) is 5.75 Å². The number of fused-ring (bicyclic) bond motifs is 1. The molecule has 9 nitrogen and oxygen atoms in total. The number of nitrogens with one attached hydrogen (secondary N) is 1. The minimum absolute atomic E-state index is 0.104. The molecule has 4 N–H and O–H groups in total. The number of carboxylic acid groups (broad SMARTS) is 1. The van der Waals surface area contributed by atoms with Crippen LogP contribution in [0.3, 0.4) is 0 Å². The SMILES string of the molecule is CCOc1ccc(-n2c(N)c3c(cc2=O)C(=O)NC3=O)cc1C(=O)O. The number of benzene rings is 1. The Labute approximate surface area is 140 Å². The molecule has 0 atom stereocenters. The fourth-order valence-electron chi connectivity index (χ4n) is 2.65. The number of hydrogen-bond donors (Lipinski definition) is 3. The van der Waals surface area contributed by atoms with Crippen LogP contribution >= 0.6 is 0 Å². The lowest BCUT2D eigenvalue weighted by molar-refractivity contribution is 0.0691. The maximum atomic E-state index is 12.4. The Kier molecular flexibility index (Phi) is 3.76. The van der Waals surface area contributed by atoms with Gasteiger partial charge in [0.2, 0.25) is 0 Å². The number of anilines is 1. The van der Waals surface area contributed by atoms with E-state index in [0.717, 1.165) is 10.6 Å². The van der Waals surface area contributed by atoms with E-state index in [4.69, 9.17) is 10.5 Å². The molecule has 128 valence electrons. The predicted octanol–water partition coefficient (Wildman–Crippen LogP) is 0.400. The Hall–Kier alpha value is -3.62. The maximum Gasteiger partial charge on any atom is 0.339 e. The van der Waals surface area contributed by atoms with Crippen LogP contribution < -0.4 is 21.3 Å². The molecule has 25 heavy (non-hydrogen) atoms. The highest BCUT2D eigenvalue weighted by atomic mass is 16.5. The molecule has 0 unspecified atom stereocenters. The third-order valence-corrected chi connectivity index (χ3v) is 3.70. The van der Waals surface area contributed by atoms with Crippen molar-refractivity contribution in [1.29, 1.82) is 0 Å². The standard InChI is InChI=1S/C16H13N3O6/c1-2-25-10-4-3-7(5-8(10)16(23)24)19-11(20)6-9-12(13(19)17)15(22)18-14(9)21/h3-6H,2,17H2,1H3,(H,23,24)(H,18,21,22). The van der Waals surface area contributed by atoms with Crippen molar-refractivity contribution < 1.29 is 24.2 Å². The molecule has 1 aliphatic heterocycles. The highest BCUT2D eigenvalue weighted by molar-refractivity contribution is 6.23. The first-order chi connectivity index (χ1) is 11.8. The van der Waals surface area contributed by atoms with Gasteiger partial charge in [0.05, 0.1) is 23.4 Å². The molecule has 0 spiro atoms. The number of amides is 2. The van der Waals surface area contributed by atoms with E-state index in [1.807, 2.05) is 0 Å². The first kappa shape index (κ1) is 16.2. The summed E-state index contributed by atoms with van der Waals surface area (Å²) in [4.78, 5) is 47.3. The summed E-state index contributed by atoms with van der Waals surface area (Å²) in [5, 5.41) is 11.4. The van der Waals surface area contributed by atoms with Gasteiger partial charge < -0.3 is 15.6 Å². The molecule has 0 aliphatic carbocycles. The molecule has 2 amide bonds. The molecular formula is C16H13N3O6. The zero-order chi connectivity index (χ0) is 18.3. The summed E-state index contributed by atoms with van der Waals surface area (Å²) in [5.41, 5.74) is 5.01. The van der Waals surface area contributed by atoms with E-state index in [0.29, 0.717) is 0 Å². The van der Waals surface area contributed by atoms with Crippen LogP contribution in [0, 0.1) is 0 Å². The average molecular weight is 343 g/mol. The van der Waals surface area contributed by atoms with Crippen LogP contribution in [0.15, 0.2) is 29.1 Å². The lowest BCUT2D eigenvalue weighted by Crippen LogP contribution is -2.24. The summed E-state index contributed by atoms with van der Waals surface area (Å²) >= 11 is 0. The van der Waals surface area contributed by atoms with Crippen molar-refractivity contribution in [3.63, 3.8) is 0 Å². The second-order valence-corrected chi connectivity index (χ2v) is 5.19. The first-order valence-corrected chi connectivity index (χ1v) is 7.26. The van der Waals surface area contributed by atoms with Crippen molar-refractivity contribution in [2.45, 2.75) is 6.92 Å². The monoisotopic (exact) mass is 343 g/mol. The number of carbonyl (C=O) groups is 3. The zero-order valence-corrected chi connectivity index (χ0v) is 13.0. The molecule has 2 aromatic rings. The number of imide groups is 1. The number of ether oxygens (including phenoxy) is 1. The van der Waals surface area contributed by atoms with Crippen molar-refractivity contribution in [3.8, 4) is 11.4 Å². The van der Waals surface area contributed by atoms with Gasteiger partial charge in [-0.2, -0.15) is 0 Å². The Balaban J connectivity index is 2.25. The molecule has 0 fully saturated rings. The van der Waals surface area contributed by atoms with Crippen LogP contribution in [0.25, 0.3) is 5.69 Å². The molecule has 9 heteroatoms. The molecule has 2 heterocycles. The van der Waals surface area contributed by atoms with Crippen molar-refractivity contribution in [2.24, 2.45) is 0 Å². The van der Waals surface area contributed by atoms with Crippen molar-refractivity contribution >= 4 is 23.6 Å². The van der Waals surface area contributed by atoms with Gasteiger partial charge in [0.25, 0.3) is 17.4 Å². The van der Waals surface area contributed by atoms with E-state index in [2.05, 4.69) is 5.32 Å². The second-order valence-electron chi connectivity index (χ2n) is 5.19. The molecule has 1 aromatic heterocycles. The van der Waals surface area contributed by atoms with Crippen LogP contribution in [-0.2, 0) is 0 Å². The lowest BCUT2D eigenvalue weighted by atomic mass is 10.1. The topological polar surface area (TPSA) is 141 Å². The van der Waals surface area contributed by atoms with E-state index < -0.39 is 23.3 Å². The van der Waals surface area contributed by atoms with Gasteiger partial charge in [0.1, 0.15) is 17.1 Å².